The summed E-state index contributed by atoms with van der Waals surface area (Å²) in [6.07, 6.45) is 0. The Morgan fingerprint density at radius 1 is 1.33 bits per heavy atom. The van der Waals surface area contributed by atoms with E-state index >= 15 is 0 Å². The summed E-state index contributed by atoms with van der Waals surface area (Å²) in [7, 11) is 0. The van der Waals surface area contributed by atoms with Gasteiger partial charge < -0.3 is 4.98 Å². The number of aromatic amines is 1. The highest BCUT2D eigenvalue weighted by molar-refractivity contribution is 5.73. The van der Waals surface area contributed by atoms with E-state index in [2.05, 4.69) is 35.9 Å². The van der Waals surface area contributed by atoms with Crippen molar-refractivity contribution in [2.45, 2.75) is 19.8 Å². The van der Waals surface area contributed by atoms with Gasteiger partial charge in [-0.3, -0.25) is 0 Å². The number of imidazole rings is 1. The fourth-order valence-electron chi connectivity index (χ4n) is 1.14. The van der Waals surface area contributed by atoms with Crippen molar-refractivity contribution in [2.75, 3.05) is 0 Å². The molecule has 0 bridgehead atoms. The minimum atomic E-state index is 0.442. The maximum absolute atomic E-state index is 4.41. The average molecular weight is 158 g/mol. The zero-order valence-corrected chi connectivity index (χ0v) is 7.18. The van der Waals surface area contributed by atoms with Gasteiger partial charge in [0.05, 0.1) is 11.0 Å². The Morgan fingerprint density at radius 2 is 2.08 bits per heavy atom. The summed E-state index contributed by atoms with van der Waals surface area (Å²) in [5.41, 5.74) is 2.01. The SMILES string of the molecule is CC(C)c1nc2cc#ccc2[nH]1. The first kappa shape index (κ1) is 7.17. The number of fused-ring (bicyclic) bond motifs is 1. The van der Waals surface area contributed by atoms with Crippen molar-refractivity contribution in [3.63, 3.8) is 0 Å². The van der Waals surface area contributed by atoms with Crippen molar-refractivity contribution in [3.05, 3.63) is 30.1 Å². The number of nitrogens with one attached hydrogen (secondary N) is 1. The number of hydrogen-bond acceptors (Lipinski definition) is 1. The molecule has 0 unspecified atom stereocenters. The summed E-state index contributed by atoms with van der Waals surface area (Å²) in [6, 6.07) is 9.49. The van der Waals surface area contributed by atoms with Gasteiger partial charge in [0.1, 0.15) is 5.82 Å². The van der Waals surface area contributed by atoms with Crippen LogP contribution in [-0.4, -0.2) is 9.97 Å². The van der Waals surface area contributed by atoms with Crippen molar-refractivity contribution in [1.82, 2.24) is 9.97 Å². The second-order valence-electron chi connectivity index (χ2n) is 3.15. The molecule has 12 heavy (non-hydrogen) atoms. The molecule has 0 saturated heterocycles. The van der Waals surface area contributed by atoms with E-state index in [9.17, 15) is 0 Å². The van der Waals surface area contributed by atoms with Crippen molar-refractivity contribution in [3.8, 4) is 0 Å². The average Bonchev–Trinajstić information content (AvgIpc) is 2.46. The first-order valence-corrected chi connectivity index (χ1v) is 4.05. The van der Waals surface area contributed by atoms with Gasteiger partial charge in [-0.25, -0.2) is 4.98 Å². The second kappa shape index (κ2) is 2.53. The van der Waals surface area contributed by atoms with E-state index in [1.165, 1.54) is 0 Å². The van der Waals surface area contributed by atoms with Crippen LogP contribution in [-0.2, 0) is 0 Å². The van der Waals surface area contributed by atoms with Crippen molar-refractivity contribution in [2.24, 2.45) is 0 Å². The summed E-state index contributed by atoms with van der Waals surface area (Å²) in [6.45, 7) is 4.23. The molecule has 0 aliphatic rings. The standard InChI is InChI=1S/C10H10N2/c1-7(2)10-11-8-5-3-4-6-9(8)12-10/h5-7H,1-2H3,(H,11,12). The van der Waals surface area contributed by atoms with E-state index in [-0.39, 0.29) is 0 Å². The molecule has 60 valence electrons. The van der Waals surface area contributed by atoms with Crippen molar-refractivity contribution in [1.29, 1.82) is 0 Å². The first-order valence-electron chi connectivity index (χ1n) is 4.05. The molecule has 1 aromatic carbocycles. The molecule has 0 fully saturated rings. The lowest BCUT2D eigenvalue weighted by atomic mass is 10.2. The quantitative estimate of drug-likeness (QED) is 0.677. The van der Waals surface area contributed by atoms with Gasteiger partial charge in [0.2, 0.25) is 0 Å². The molecule has 0 radical (unpaired) electrons. The lowest BCUT2D eigenvalue weighted by Gasteiger charge is -1.95. The predicted molar refractivity (Wildman–Crippen MR) is 47.9 cm³/mol. The Labute approximate surface area is 71.6 Å². The highest BCUT2D eigenvalue weighted by atomic mass is 14.9. The third-order valence-electron chi connectivity index (χ3n) is 1.84. The summed E-state index contributed by atoms with van der Waals surface area (Å²) in [5.74, 6) is 1.47. The van der Waals surface area contributed by atoms with E-state index in [0.717, 1.165) is 16.9 Å². The van der Waals surface area contributed by atoms with Gasteiger partial charge in [0, 0.05) is 18.1 Å². The fourth-order valence-corrected chi connectivity index (χ4v) is 1.14. The van der Waals surface area contributed by atoms with Crippen LogP contribution in [0.25, 0.3) is 11.0 Å². The second-order valence-corrected chi connectivity index (χ2v) is 3.15. The van der Waals surface area contributed by atoms with Gasteiger partial charge in [0.25, 0.3) is 0 Å². The van der Waals surface area contributed by atoms with Crippen LogP contribution in [0.5, 0.6) is 0 Å². The zero-order chi connectivity index (χ0) is 8.55. The van der Waals surface area contributed by atoms with Gasteiger partial charge >= 0.3 is 0 Å². The molecule has 1 heterocycles. The van der Waals surface area contributed by atoms with Crippen LogP contribution in [0, 0.1) is 12.1 Å². The van der Waals surface area contributed by atoms with Gasteiger partial charge in [-0.2, -0.15) is 0 Å². The summed E-state index contributed by atoms with van der Waals surface area (Å²) >= 11 is 0. The molecule has 0 atom stereocenters. The van der Waals surface area contributed by atoms with Crippen LogP contribution in [0.15, 0.2) is 12.1 Å². The van der Waals surface area contributed by atoms with Crippen LogP contribution < -0.4 is 0 Å². The summed E-state index contributed by atoms with van der Waals surface area (Å²) in [4.78, 5) is 7.64. The number of nitrogens with zero attached hydrogens (tertiary/aromatic N) is 1. The Bertz CT molecular complexity index is 354. The minimum absolute atomic E-state index is 0.442. The molecule has 1 N–H and O–H groups in total. The highest BCUT2D eigenvalue weighted by Gasteiger charge is 2.04. The Hall–Kier alpha value is -1.49. The van der Waals surface area contributed by atoms with E-state index < -0.39 is 0 Å². The van der Waals surface area contributed by atoms with Crippen LogP contribution in [0.2, 0.25) is 0 Å². The molecule has 2 aromatic rings. The van der Waals surface area contributed by atoms with Crippen molar-refractivity contribution < 1.29 is 0 Å². The molecule has 2 heteroatoms. The Morgan fingerprint density at radius 3 is 2.75 bits per heavy atom. The monoisotopic (exact) mass is 158 g/mol. The summed E-state index contributed by atoms with van der Waals surface area (Å²) in [5, 5.41) is 0. The maximum atomic E-state index is 4.41. The normalized spacial score (nSPS) is 10.6. The molecule has 1 aromatic heterocycles. The fraction of sp³-hybridized carbons (Fsp3) is 0.300. The van der Waals surface area contributed by atoms with E-state index in [4.69, 9.17) is 0 Å². The van der Waals surface area contributed by atoms with Crippen LogP contribution in [0.1, 0.15) is 25.6 Å². The highest BCUT2D eigenvalue weighted by Crippen LogP contribution is 2.14. The van der Waals surface area contributed by atoms with Gasteiger partial charge in [-0.05, 0) is 0 Å². The van der Waals surface area contributed by atoms with Gasteiger partial charge in [-0.15, -0.1) is 0 Å². The molecule has 0 saturated carbocycles. The molecule has 0 spiro atoms. The number of H-pyrrole nitrogens is 1. The third-order valence-corrected chi connectivity index (χ3v) is 1.84. The smallest absolute Gasteiger partial charge is 0.109 e. The molecule has 2 nitrogen and oxygen atoms in total. The van der Waals surface area contributed by atoms with E-state index in [1.807, 2.05) is 12.1 Å². The largest absolute Gasteiger partial charge is 0.341 e. The van der Waals surface area contributed by atoms with Crippen LogP contribution in [0.4, 0.5) is 0 Å². The summed E-state index contributed by atoms with van der Waals surface area (Å²) < 4.78 is 0. The number of rotatable bonds is 1. The molecule has 0 aliphatic carbocycles. The minimum Gasteiger partial charge on any atom is -0.341 e. The lowest BCUT2D eigenvalue weighted by molar-refractivity contribution is 0.799. The third kappa shape index (κ3) is 1.04. The molecule has 0 aliphatic heterocycles. The zero-order valence-electron chi connectivity index (χ0n) is 7.18. The van der Waals surface area contributed by atoms with E-state index in [1.54, 1.807) is 0 Å². The van der Waals surface area contributed by atoms with Crippen LogP contribution in [0.3, 0.4) is 0 Å². The predicted octanol–water partition coefficient (Wildman–Crippen LogP) is 2.29. The van der Waals surface area contributed by atoms with E-state index in [0.29, 0.717) is 5.92 Å². The maximum Gasteiger partial charge on any atom is 0.109 e. The van der Waals surface area contributed by atoms with Crippen molar-refractivity contribution >= 4 is 11.0 Å². The lowest BCUT2D eigenvalue weighted by Crippen LogP contribution is -1.88. The number of aromatic nitrogens is 2. The Kier molecular flexibility index (Phi) is 1.51. The Balaban J connectivity index is 2.62. The molecule has 2 rings (SSSR count). The molecule has 0 amide bonds. The molecular weight excluding hydrogens is 148 g/mol. The van der Waals surface area contributed by atoms with Gasteiger partial charge in [0.15, 0.2) is 0 Å². The van der Waals surface area contributed by atoms with Crippen LogP contribution >= 0.6 is 0 Å². The number of hydrogen-bond donors (Lipinski definition) is 1. The van der Waals surface area contributed by atoms with Gasteiger partial charge in [-0.1, -0.05) is 26.0 Å². The molecular formula is C10H10N2. The topological polar surface area (TPSA) is 28.7 Å². The first-order chi connectivity index (χ1) is 5.77.